The zero-order valence-corrected chi connectivity index (χ0v) is 18.0. The van der Waals surface area contributed by atoms with Crippen molar-refractivity contribution in [1.29, 1.82) is 0 Å². The highest BCUT2D eigenvalue weighted by Crippen LogP contribution is 2.18. The van der Waals surface area contributed by atoms with Gasteiger partial charge < -0.3 is 24.9 Å². The maximum Gasteiger partial charge on any atom is 0.407 e. The molecule has 0 radical (unpaired) electrons. The summed E-state index contributed by atoms with van der Waals surface area (Å²) in [7, 11) is 0. The van der Waals surface area contributed by atoms with E-state index in [9.17, 15) is 14.4 Å². The first kappa shape index (κ1) is 21.9. The quantitative estimate of drug-likeness (QED) is 0.673. The van der Waals surface area contributed by atoms with E-state index in [0.29, 0.717) is 19.5 Å². The van der Waals surface area contributed by atoms with Gasteiger partial charge in [-0.25, -0.2) is 9.59 Å². The number of rotatable bonds is 6. The van der Waals surface area contributed by atoms with Crippen LogP contribution in [0.2, 0.25) is 0 Å². The molecule has 8 heteroatoms. The molecular formula is C22H32N4O4. The van der Waals surface area contributed by atoms with Crippen molar-refractivity contribution in [2.24, 2.45) is 5.92 Å². The lowest BCUT2D eigenvalue weighted by Crippen LogP contribution is -2.44. The van der Waals surface area contributed by atoms with Gasteiger partial charge in [-0.15, -0.1) is 0 Å². The van der Waals surface area contributed by atoms with Gasteiger partial charge >= 0.3 is 11.8 Å². The molecule has 1 aliphatic heterocycles. The molecule has 1 aliphatic rings. The number of H-pyrrole nitrogens is 2. The van der Waals surface area contributed by atoms with Crippen molar-refractivity contribution in [3.8, 4) is 0 Å². The van der Waals surface area contributed by atoms with Crippen LogP contribution in [-0.4, -0.2) is 52.1 Å². The average molecular weight is 417 g/mol. The molecule has 1 fully saturated rings. The van der Waals surface area contributed by atoms with E-state index < -0.39 is 11.7 Å². The minimum atomic E-state index is -0.514. The van der Waals surface area contributed by atoms with Crippen molar-refractivity contribution in [3.05, 3.63) is 34.2 Å². The van der Waals surface area contributed by atoms with Crippen molar-refractivity contribution in [2.45, 2.75) is 58.5 Å². The molecule has 1 aromatic heterocycles. The van der Waals surface area contributed by atoms with Crippen molar-refractivity contribution in [2.75, 3.05) is 19.6 Å². The highest BCUT2D eigenvalue weighted by atomic mass is 16.6. The number of ether oxygens (including phenoxy) is 1. The number of carbonyl (C=O) groups excluding carboxylic acids is 2. The van der Waals surface area contributed by atoms with Crippen LogP contribution in [0.4, 0.5) is 4.79 Å². The maximum atomic E-state index is 12.6. The summed E-state index contributed by atoms with van der Waals surface area (Å²) in [6.07, 6.45) is 3.57. The maximum absolute atomic E-state index is 12.6. The Balaban J connectivity index is 1.42. The number of hydrogen-bond donors (Lipinski definition) is 3. The van der Waals surface area contributed by atoms with Gasteiger partial charge in [-0.3, -0.25) is 4.79 Å². The molecule has 0 bridgehead atoms. The van der Waals surface area contributed by atoms with Gasteiger partial charge in [0, 0.05) is 26.1 Å². The Morgan fingerprint density at radius 3 is 2.77 bits per heavy atom. The number of nitrogens with one attached hydrogen (secondary N) is 3. The molecule has 30 heavy (non-hydrogen) atoms. The Hall–Kier alpha value is -2.77. The second-order valence-corrected chi connectivity index (χ2v) is 9.04. The Morgan fingerprint density at radius 1 is 1.23 bits per heavy atom. The third-order valence-electron chi connectivity index (χ3n) is 5.24. The number of nitrogens with zero attached hydrogens (tertiary/aromatic N) is 1. The highest BCUT2D eigenvalue weighted by molar-refractivity contribution is 5.77. The number of hydrogen-bond acceptors (Lipinski definition) is 4. The van der Waals surface area contributed by atoms with Gasteiger partial charge in [0.05, 0.1) is 11.0 Å². The van der Waals surface area contributed by atoms with E-state index >= 15 is 0 Å². The zero-order valence-electron chi connectivity index (χ0n) is 18.0. The number of aromatic amines is 2. The van der Waals surface area contributed by atoms with E-state index in [1.54, 1.807) is 0 Å². The largest absolute Gasteiger partial charge is 0.444 e. The first-order chi connectivity index (χ1) is 14.2. The van der Waals surface area contributed by atoms with Crippen molar-refractivity contribution >= 4 is 23.0 Å². The smallest absolute Gasteiger partial charge is 0.407 e. The molecule has 0 saturated carbocycles. The van der Waals surface area contributed by atoms with Crippen LogP contribution >= 0.6 is 0 Å². The van der Waals surface area contributed by atoms with Gasteiger partial charge in [-0.2, -0.15) is 0 Å². The van der Waals surface area contributed by atoms with E-state index in [1.807, 2.05) is 43.9 Å². The van der Waals surface area contributed by atoms with Crippen LogP contribution in [-0.2, 0) is 16.0 Å². The van der Waals surface area contributed by atoms with E-state index in [0.717, 1.165) is 48.8 Å². The molecule has 1 saturated heterocycles. The minimum absolute atomic E-state index is 0.160. The number of aromatic nitrogens is 2. The van der Waals surface area contributed by atoms with Crippen molar-refractivity contribution in [1.82, 2.24) is 20.2 Å². The number of aryl methyl sites for hydroxylation is 1. The predicted octanol–water partition coefficient (Wildman–Crippen LogP) is 2.94. The normalized spacial score (nSPS) is 17.2. The van der Waals surface area contributed by atoms with Crippen LogP contribution in [0.3, 0.4) is 0 Å². The topological polar surface area (TPSA) is 107 Å². The van der Waals surface area contributed by atoms with Gasteiger partial charge in [0.15, 0.2) is 0 Å². The summed E-state index contributed by atoms with van der Waals surface area (Å²) in [5, 5.41) is 2.82. The van der Waals surface area contributed by atoms with E-state index in [-0.39, 0.29) is 17.5 Å². The number of likely N-dealkylation sites (tertiary alicyclic amines) is 1. The average Bonchev–Trinajstić information content (AvgIpc) is 3.04. The fourth-order valence-corrected chi connectivity index (χ4v) is 3.84. The minimum Gasteiger partial charge on any atom is -0.444 e. The SMILES string of the molecule is CC(C)(C)OC(=O)NCC1CCCN(C(=O)CCCc2ccc3[nH]c(=O)[nH]c3c2)C1. The molecule has 3 N–H and O–H groups in total. The molecule has 0 aliphatic carbocycles. The van der Waals surface area contributed by atoms with Gasteiger partial charge in [-0.05, 0) is 70.1 Å². The van der Waals surface area contributed by atoms with Crippen LogP contribution in [0.5, 0.6) is 0 Å². The summed E-state index contributed by atoms with van der Waals surface area (Å²) in [6, 6.07) is 5.82. The molecular weight excluding hydrogens is 384 g/mol. The van der Waals surface area contributed by atoms with Crippen molar-refractivity contribution in [3.63, 3.8) is 0 Å². The van der Waals surface area contributed by atoms with Crippen molar-refractivity contribution < 1.29 is 14.3 Å². The number of carbonyl (C=O) groups is 2. The fourth-order valence-electron chi connectivity index (χ4n) is 3.84. The van der Waals surface area contributed by atoms with Gasteiger partial charge in [0.1, 0.15) is 5.60 Å². The van der Waals surface area contributed by atoms with Crippen LogP contribution in [0.25, 0.3) is 11.0 Å². The highest BCUT2D eigenvalue weighted by Gasteiger charge is 2.24. The molecule has 164 valence electrons. The lowest BCUT2D eigenvalue weighted by Gasteiger charge is -2.33. The van der Waals surface area contributed by atoms with Crippen LogP contribution in [0, 0.1) is 5.92 Å². The summed E-state index contributed by atoms with van der Waals surface area (Å²) in [4.78, 5) is 43.2. The molecule has 1 aromatic carbocycles. The van der Waals surface area contributed by atoms with Gasteiger partial charge in [0.2, 0.25) is 5.91 Å². The number of alkyl carbamates (subject to hydrolysis) is 1. The number of imidazole rings is 1. The van der Waals surface area contributed by atoms with E-state index in [1.165, 1.54) is 0 Å². The number of piperidine rings is 1. The molecule has 2 aromatic rings. The third-order valence-corrected chi connectivity index (χ3v) is 5.24. The molecule has 0 spiro atoms. The summed E-state index contributed by atoms with van der Waals surface area (Å²) < 4.78 is 5.27. The van der Waals surface area contributed by atoms with Crippen LogP contribution in [0.15, 0.2) is 23.0 Å². The lowest BCUT2D eigenvalue weighted by molar-refractivity contribution is -0.133. The zero-order chi connectivity index (χ0) is 21.7. The molecule has 3 rings (SSSR count). The first-order valence-corrected chi connectivity index (χ1v) is 10.7. The van der Waals surface area contributed by atoms with E-state index in [4.69, 9.17) is 4.74 Å². The monoisotopic (exact) mass is 416 g/mol. The summed E-state index contributed by atoms with van der Waals surface area (Å²) >= 11 is 0. The number of benzene rings is 1. The molecule has 2 heterocycles. The van der Waals surface area contributed by atoms with Crippen LogP contribution < -0.4 is 11.0 Å². The fraction of sp³-hybridized carbons (Fsp3) is 0.591. The summed E-state index contributed by atoms with van der Waals surface area (Å²) in [5.41, 5.74) is 1.96. The number of amides is 2. The lowest BCUT2D eigenvalue weighted by atomic mass is 9.97. The van der Waals surface area contributed by atoms with Crippen LogP contribution in [0.1, 0.15) is 52.0 Å². The predicted molar refractivity (Wildman–Crippen MR) is 115 cm³/mol. The molecule has 1 unspecified atom stereocenters. The Kier molecular flexibility index (Phi) is 6.84. The Morgan fingerprint density at radius 2 is 2.00 bits per heavy atom. The first-order valence-electron chi connectivity index (χ1n) is 10.7. The summed E-state index contributed by atoms with van der Waals surface area (Å²) in [6.45, 7) is 7.48. The molecule has 8 nitrogen and oxygen atoms in total. The molecule has 2 amide bonds. The van der Waals surface area contributed by atoms with Gasteiger partial charge in [0.25, 0.3) is 0 Å². The number of fused-ring (bicyclic) bond motifs is 1. The summed E-state index contributed by atoms with van der Waals surface area (Å²) in [5.74, 6) is 0.413. The van der Waals surface area contributed by atoms with E-state index in [2.05, 4.69) is 15.3 Å². The Bertz CT molecular complexity index is 940. The molecule has 1 atom stereocenters. The third kappa shape index (κ3) is 6.37. The standard InChI is InChI=1S/C22H32N4O4/c1-22(2,3)30-21(29)23-13-16-7-5-11-26(14-16)19(27)8-4-6-15-9-10-17-18(12-15)25-20(28)24-17/h9-10,12,16H,4-8,11,13-14H2,1-3H3,(H,23,29)(H2,24,25,28). The van der Waals surface area contributed by atoms with Gasteiger partial charge in [-0.1, -0.05) is 6.07 Å². The second kappa shape index (κ2) is 9.36. The Labute approximate surface area is 176 Å². The second-order valence-electron chi connectivity index (χ2n) is 9.04.